The Bertz CT molecular complexity index is 665. The highest BCUT2D eigenvalue weighted by Crippen LogP contribution is 2.20. The van der Waals surface area contributed by atoms with E-state index in [4.69, 9.17) is 15.7 Å². The summed E-state index contributed by atoms with van der Waals surface area (Å²) in [6.07, 6.45) is 0.258. The Balaban J connectivity index is 2.06. The van der Waals surface area contributed by atoms with Crippen molar-refractivity contribution in [3.05, 3.63) is 54.6 Å². The first-order chi connectivity index (χ1) is 10.7. The molecule has 0 aliphatic carbocycles. The number of benzene rings is 2. The van der Waals surface area contributed by atoms with Crippen LogP contribution in [-0.4, -0.2) is 19.1 Å². The average molecular weight is 295 g/mol. The highest BCUT2D eigenvalue weighted by molar-refractivity contribution is 5.94. The zero-order valence-corrected chi connectivity index (χ0v) is 12.1. The van der Waals surface area contributed by atoms with E-state index in [0.29, 0.717) is 18.0 Å². The van der Waals surface area contributed by atoms with Gasteiger partial charge in [0, 0.05) is 12.2 Å². The number of nitrogen functional groups attached to an aromatic ring is 1. The number of amides is 1. The van der Waals surface area contributed by atoms with E-state index >= 15 is 0 Å². The molecule has 2 aromatic carbocycles. The number of carbonyl (C=O) groups is 1. The van der Waals surface area contributed by atoms with Crippen molar-refractivity contribution in [2.75, 3.05) is 23.8 Å². The van der Waals surface area contributed by atoms with Gasteiger partial charge >= 0.3 is 0 Å². The van der Waals surface area contributed by atoms with E-state index in [1.807, 2.05) is 30.3 Å². The number of nitrogens with two attached hydrogens (primary N) is 1. The smallest absolute Gasteiger partial charge is 0.264 e. The summed E-state index contributed by atoms with van der Waals surface area (Å²) in [7, 11) is 0. The molecule has 2 rings (SSSR count). The lowest BCUT2D eigenvalue weighted by Gasteiger charge is -2.22. The van der Waals surface area contributed by atoms with Gasteiger partial charge in [-0.15, -0.1) is 0 Å². The van der Waals surface area contributed by atoms with Crippen LogP contribution < -0.4 is 15.4 Å². The summed E-state index contributed by atoms with van der Waals surface area (Å²) in [5.74, 6) is 0.258. The fourth-order valence-electron chi connectivity index (χ4n) is 2.00. The van der Waals surface area contributed by atoms with Gasteiger partial charge in [0.2, 0.25) is 0 Å². The van der Waals surface area contributed by atoms with Gasteiger partial charge < -0.3 is 15.4 Å². The van der Waals surface area contributed by atoms with Crippen LogP contribution in [0.25, 0.3) is 0 Å². The molecular formula is C17H17N3O2. The maximum absolute atomic E-state index is 12.4. The van der Waals surface area contributed by atoms with E-state index in [1.54, 1.807) is 29.2 Å². The van der Waals surface area contributed by atoms with Gasteiger partial charge in [-0.2, -0.15) is 5.26 Å². The second-order valence-corrected chi connectivity index (χ2v) is 4.62. The first-order valence-electron chi connectivity index (χ1n) is 6.92. The van der Waals surface area contributed by atoms with Crippen molar-refractivity contribution in [3.8, 4) is 11.8 Å². The summed E-state index contributed by atoms with van der Waals surface area (Å²) in [5.41, 5.74) is 7.01. The number of anilines is 2. The van der Waals surface area contributed by atoms with Crippen LogP contribution in [-0.2, 0) is 4.79 Å². The fourth-order valence-corrected chi connectivity index (χ4v) is 2.00. The van der Waals surface area contributed by atoms with E-state index in [1.165, 1.54) is 0 Å². The lowest BCUT2D eigenvalue weighted by Crippen LogP contribution is -2.35. The van der Waals surface area contributed by atoms with Crippen LogP contribution >= 0.6 is 0 Å². The first kappa shape index (κ1) is 15.4. The molecule has 22 heavy (non-hydrogen) atoms. The zero-order chi connectivity index (χ0) is 15.8. The van der Waals surface area contributed by atoms with Crippen LogP contribution in [0.2, 0.25) is 0 Å². The van der Waals surface area contributed by atoms with Gasteiger partial charge in [0.15, 0.2) is 6.61 Å². The van der Waals surface area contributed by atoms with Crippen LogP contribution in [0.4, 0.5) is 11.4 Å². The second-order valence-electron chi connectivity index (χ2n) is 4.62. The zero-order valence-electron chi connectivity index (χ0n) is 12.1. The molecular weight excluding hydrogens is 278 g/mol. The van der Waals surface area contributed by atoms with E-state index in [2.05, 4.69) is 6.07 Å². The van der Waals surface area contributed by atoms with Gasteiger partial charge in [-0.25, -0.2) is 0 Å². The summed E-state index contributed by atoms with van der Waals surface area (Å²) in [6, 6.07) is 18.3. The van der Waals surface area contributed by atoms with E-state index in [9.17, 15) is 4.79 Å². The Hall–Kier alpha value is -3.00. The summed E-state index contributed by atoms with van der Waals surface area (Å²) in [5, 5.41) is 8.75. The van der Waals surface area contributed by atoms with Crippen molar-refractivity contribution >= 4 is 17.3 Å². The highest BCUT2D eigenvalue weighted by Gasteiger charge is 2.16. The van der Waals surface area contributed by atoms with Crippen LogP contribution in [0.5, 0.6) is 5.75 Å². The largest absolute Gasteiger partial charge is 0.482 e. The summed E-state index contributed by atoms with van der Waals surface area (Å²) in [6.45, 7) is 0.196. The summed E-state index contributed by atoms with van der Waals surface area (Å²) >= 11 is 0. The predicted octanol–water partition coefficient (Wildman–Crippen LogP) is 2.59. The predicted molar refractivity (Wildman–Crippen MR) is 85.4 cm³/mol. The van der Waals surface area contributed by atoms with Gasteiger partial charge in [-0.05, 0) is 24.3 Å². The fraction of sp³-hybridized carbons (Fsp3) is 0.176. The van der Waals surface area contributed by atoms with Crippen molar-refractivity contribution in [2.24, 2.45) is 0 Å². The Morgan fingerprint density at radius 3 is 2.50 bits per heavy atom. The lowest BCUT2D eigenvalue weighted by atomic mass is 10.2. The molecule has 0 unspecified atom stereocenters. The van der Waals surface area contributed by atoms with Gasteiger partial charge in [-0.1, -0.05) is 30.3 Å². The minimum absolute atomic E-state index is 0.130. The molecule has 112 valence electrons. The van der Waals surface area contributed by atoms with Crippen LogP contribution in [0.15, 0.2) is 54.6 Å². The molecule has 0 saturated carbocycles. The molecule has 0 bridgehead atoms. The topological polar surface area (TPSA) is 79.3 Å². The van der Waals surface area contributed by atoms with E-state index < -0.39 is 0 Å². The molecule has 0 atom stereocenters. The van der Waals surface area contributed by atoms with Crippen molar-refractivity contribution in [2.45, 2.75) is 6.42 Å². The summed E-state index contributed by atoms with van der Waals surface area (Å²) < 4.78 is 5.48. The van der Waals surface area contributed by atoms with Crippen LogP contribution in [0.3, 0.4) is 0 Å². The van der Waals surface area contributed by atoms with E-state index in [-0.39, 0.29) is 18.9 Å². The Morgan fingerprint density at radius 2 is 1.82 bits per heavy atom. The number of carbonyl (C=O) groups excluding carboxylic acids is 1. The highest BCUT2D eigenvalue weighted by atomic mass is 16.5. The second kappa shape index (κ2) is 7.70. The number of nitriles is 1. The third kappa shape index (κ3) is 4.00. The molecule has 0 aliphatic rings. The van der Waals surface area contributed by atoms with Gasteiger partial charge in [0.1, 0.15) is 5.75 Å². The number of ether oxygens (including phenoxy) is 1. The number of hydrogen-bond donors (Lipinski definition) is 1. The van der Waals surface area contributed by atoms with Crippen LogP contribution in [0.1, 0.15) is 6.42 Å². The van der Waals surface area contributed by atoms with Crippen molar-refractivity contribution < 1.29 is 9.53 Å². The minimum Gasteiger partial charge on any atom is -0.482 e. The standard InChI is InChI=1S/C17H17N3O2/c18-11-6-12-20(14-7-2-1-3-8-14)17(21)13-22-16-10-5-4-9-15(16)19/h1-5,7-10H,6,12-13,19H2. The van der Waals surface area contributed by atoms with Gasteiger partial charge in [-0.3, -0.25) is 4.79 Å². The molecule has 0 heterocycles. The van der Waals surface area contributed by atoms with Gasteiger partial charge in [0.05, 0.1) is 18.2 Å². The molecule has 5 nitrogen and oxygen atoms in total. The average Bonchev–Trinajstić information content (AvgIpc) is 2.55. The van der Waals surface area contributed by atoms with Crippen molar-refractivity contribution in [1.82, 2.24) is 0 Å². The van der Waals surface area contributed by atoms with Crippen molar-refractivity contribution in [1.29, 1.82) is 5.26 Å². The molecule has 2 aromatic rings. The summed E-state index contributed by atoms with van der Waals surface area (Å²) in [4.78, 5) is 13.9. The molecule has 0 aromatic heterocycles. The lowest BCUT2D eigenvalue weighted by molar-refractivity contribution is -0.120. The number of rotatable bonds is 6. The SMILES string of the molecule is N#CCCN(C(=O)COc1ccccc1N)c1ccccc1. The monoisotopic (exact) mass is 295 g/mol. The molecule has 2 N–H and O–H groups in total. The molecule has 0 aliphatic heterocycles. The molecule has 0 radical (unpaired) electrons. The normalized spacial score (nSPS) is 9.77. The Labute approximate surface area is 129 Å². The number of para-hydroxylation sites is 3. The number of nitrogens with zero attached hydrogens (tertiary/aromatic N) is 2. The quantitative estimate of drug-likeness (QED) is 0.831. The van der Waals surface area contributed by atoms with Crippen LogP contribution in [0, 0.1) is 11.3 Å². The Kier molecular flexibility index (Phi) is 5.38. The molecule has 5 heteroatoms. The number of hydrogen-bond acceptors (Lipinski definition) is 4. The molecule has 0 fully saturated rings. The first-order valence-corrected chi connectivity index (χ1v) is 6.92. The maximum Gasteiger partial charge on any atom is 0.264 e. The van der Waals surface area contributed by atoms with E-state index in [0.717, 1.165) is 5.69 Å². The van der Waals surface area contributed by atoms with Gasteiger partial charge in [0.25, 0.3) is 5.91 Å². The minimum atomic E-state index is -0.218. The molecule has 1 amide bonds. The molecule has 0 saturated heterocycles. The third-order valence-electron chi connectivity index (χ3n) is 3.09. The maximum atomic E-state index is 12.4. The van der Waals surface area contributed by atoms with Crippen molar-refractivity contribution in [3.63, 3.8) is 0 Å². The third-order valence-corrected chi connectivity index (χ3v) is 3.09. The Morgan fingerprint density at radius 1 is 1.14 bits per heavy atom. The molecule has 0 spiro atoms.